The van der Waals surface area contributed by atoms with Gasteiger partial charge < -0.3 is 10.2 Å². The lowest BCUT2D eigenvalue weighted by Gasteiger charge is -2.26. The molecule has 0 aliphatic heterocycles. The Hall–Kier alpha value is -3.06. The molecular formula is C22H25N3O. The Morgan fingerprint density at radius 2 is 1.65 bits per heavy atom. The highest BCUT2D eigenvalue weighted by Gasteiger charge is 2.21. The van der Waals surface area contributed by atoms with E-state index in [-0.39, 0.29) is 23.6 Å². The maximum Gasteiger partial charge on any atom is 0.266 e. The minimum absolute atomic E-state index is 0.00831. The Kier molecular flexibility index (Phi) is 6.99. The molecule has 0 heterocycles. The average molecular weight is 347 g/mol. The van der Waals surface area contributed by atoms with Crippen molar-refractivity contribution in [2.45, 2.75) is 39.4 Å². The summed E-state index contributed by atoms with van der Waals surface area (Å²) < 4.78 is 0. The number of hydrogen-bond acceptors (Lipinski definition) is 3. The van der Waals surface area contributed by atoms with Gasteiger partial charge in [0.2, 0.25) is 0 Å². The second-order valence-corrected chi connectivity index (χ2v) is 6.48. The van der Waals surface area contributed by atoms with Crippen molar-refractivity contribution in [3.05, 3.63) is 83.6 Å². The molecule has 0 radical (unpaired) electrons. The molecule has 1 N–H and O–H groups in total. The Labute approximate surface area is 155 Å². The van der Waals surface area contributed by atoms with Crippen molar-refractivity contribution in [2.75, 3.05) is 0 Å². The van der Waals surface area contributed by atoms with Crippen LogP contribution in [0.25, 0.3) is 0 Å². The van der Waals surface area contributed by atoms with Crippen LogP contribution in [0.2, 0.25) is 0 Å². The van der Waals surface area contributed by atoms with E-state index < -0.39 is 0 Å². The molecule has 4 heteroatoms. The Morgan fingerprint density at radius 1 is 1.08 bits per heavy atom. The molecule has 0 saturated heterocycles. The molecule has 1 atom stereocenters. The topological polar surface area (TPSA) is 56.1 Å². The van der Waals surface area contributed by atoms with Gasteiger partial charge in [-0.1, -0.05) is 60.7 Å². The van der Waals surface area contributed by atoms with E-state index in [0.29, 0.717) is 6.54 Å². The second-order valence-electron chi connectivity index (χ2n) is 6.48. The van der Waals surface area contributed by atoms with Crippen LogP contribution in [0.15, 0.2) is 72.4 Å². The monoisotopic (exact) mass is 347 g/mol. The molecule has 2 aromatic carbocycles. The third-order valence-corrected chi connectivity index (χ3v) is 4.21. The summed E-state index contributed by atoms with van der Waals surface area (Å²) in [7, 11) is 0. The summed E-state index contributed by atoms with van der Waals surface area (Å²) in [6, 6.07) is 21.7. The van der Waals surface area contributed by atoms with Gasteiger partial charge in [-0.25, -0.2) is 0 Å². The van der Waals surface area contributed by atoms with Crippen molar-refractivity contribution >= 4 is 5.91 Å². The van der Waals surface area contributed by atoms with Crippen LogP contribution in [-0.2, 0) is 11.3 Å². The number of nitriles is 1. The molecule has 4 nitrogen and oxygen atoms in total. The predicted octanol–water partition coefficient (Wildman–Crippen LogP) is 4.18. The lowest BCUT2D eigenvalue weighted by Crippen LogP contribution is -2.37. The van der Waals surface area contributed by atoms with Crippen molar-refractivity contribution in [1.29, 1.82) is 5.26 Å². The molecule has 0 bridgehead atoms. The molecule has 0 saturated carbocycles. The summed E-state index contributed by atoms with van der Waals surface area (Å²) in [6.07, 6.45) is 1.53. The predicted molar refractivity (Wildman–Crippen MR) is 104 cm³/mol. The van der Waals surface area contributed by atoms with Gasteiger partial charge in [0.25, 0.3) is 5.91 Å². The van der Waals surface area contributed by atoms with E-state index in [0.717, 1.165) is 11.1 Å². The number of carbonyl (C=O) groups excluding carboxylic acids is 1. The van der Waals surface area contributed by atoms with E-state index in [1.165, 1.54) is 6.20 Å². The summed E-state index contributed by atoms with van der Waals surface area (Å²) >= 11 is 0. The van der Waals surface area contributed by atoms with Crippen LogP contribution in [0.3, 0.4) is 0 Å². The molecule has 2 rings (SSSR count). The number of amides is 1. The SMILES string of the molecule is CC(N/C=C(/C#N)C(=O)N(Cc1ccccc1)C(C)C)c1ccccc1. The molecular weight excluding hydrogens is 322 g/mol. The molecule has 1 amide bonds. The van der Waals surface area contributed by atoms with Crippen LogP contribution >= 0.6 is 0 Å². The third-order valence-electron chi connectivity index (χ3n) is 4.21. The maximum absolute atomic E-state index is 12.9. The average Bonchev–Trinajstić information content (AvgIpc) is 2.67. The van der Waals surface area contributed by atoms with Crippen molar-refractivity contribution in [3.8, 4) is 6.07 Å². The van der Waals surface area contributed by atoms with E-state index >= 15 is 0 Å². The number of benzene rings is 2. The van der Waals surface area contributed by atoms with Crippen LogP contribution in [0.1, 0.15) is 37.9 Å². The fraction of sp³-hybridized carbons (Fsp3) is 0.273. The number of carbonyl (C=O) groups is 1. The molecule has 0 spiro atoms. The largest absolute Gasteiger partial charge is 0.383 e. The summed E-state index contributed by atoms with van der Waals surface area (Å²) in [5, 5.41) is 12.6. The van der Waals surface area contributed by atoms with Gasteiger partial charge in [-0.15, -0.1) is 0 Å². The van der Waals surface area contributed by atoms with E-state index in [9.17, 15) is 10.1 Å². The van der Waals surface area contributed by atoms with Crippen LogP contribution in [0, 0.1) is 11.3 Å². The van der Waals surface area contributed by atoms with Gasteiger partial charge in [0.15, 0.2) is 0 Å². The first kappa shape index (κ1) is 19.3. The highest BCUT2D eigenvalue weighted by Crippen LogP contribution is 2.14. The zero-order valence-corrected chi connectivity index (χ0v) is 15.5. The van der Waals surface area contributed by atoms with Gasteiger partial charge in [-0.3, -0.25) is 4.79 Å². The highest BCUT2D eigenvalue weighted by molar-refractivity contribution is 5.97. The standard InChI is InChI=1S/C22H25N3O/c1-17(2)25(16-19-10-6-4-7-11-19)22(26)21(14-23)15-24-18(3)20-12-8-5-9-13-20/h4-13,15,17-18,24H,16H2,1-3H3/b21-15-. The molecule has 0 aromatic heterocycles. The summed E-state index contributed by atoms with van der Waals surface area (Å²) in [4.78, 5) is 14.6. The summed E-state index contributed by atoms with van der Waals surface area (Å²) in [5.74, 6) is -0.265. The number of hydrogen-bond donors (Lipinski definition) is 1. The maximum atomic E-state index is 12.9. The first-order valence-corrected chi connectivity index (χ1v) is 8.79. The molecule has 0 fully saturated rings. The smallest absolute Gasteiger partial charge is 0.266 e. The Balaban J connectivity index is 2.13. The lowest BCUT2D eigenvalue weighted by atomic mass is 10.1. The van der Waals surface area contributed by atoms with Gasteiger partial charge in [0.05, 0.1) is 0 Å². The van der Waals surface area contributed by atoms with Crippen LogP contribution in [0.4, 0.5) is 0 Å². The number of nitrogens with zero attached hydrogens (tertiary/aromatic N) is 2. The zero-order chi connectivity index (χ0) is 18.9. The fourth-order valence-corrected chi connectivity index (χ4v) is 2.61. The van der Waals surface area contributed by atoms with Gasteiger partial charge in [0.1, 0.15) is 11.6 Å². The van der Waals surface area contributed by atoms with Crippen molar-refractivity contribution in [3.63, 3.8) is 0 Å². The summed E-state index contributed by atoms with van der Waals surface area (Å²) in [5.41, 5.74) is 2.24. The van der Waals surface area contributed by atoms with E-state index in [4.69, 9.17) is 0 Å². The summed E-state index contributed by atoms with van der Waals surface area (Å²) in [6.45, 7) is 6.38. The minimum atomic E-state index is -0.265. The number of rotatable bonds is 7. The molecule has 1 unspecified atom stereocenters. The Bertz CT molecular complexity index is 776. The molecule has 0 aliphatic carbocycles. The van der Waals surface area contributed by atoms with E-state index in [2.05, 4.69) is 5.32 Å². The molecule has 26 heavy (non-hydrogen) atoms. The van der Waals surface area contributed by atoms with Crippen LogP contribution < -0.4 is 5.32 Å². The second kappa shape index (κ2) is 9.43. The highest BCUT2D eigenvalue weighted by atomic mass is 16.2. The van der Waals surface area contributed by atoms with Crippen LogP contribution in [-0.4, -0.2) is 16.8 Å². The van der Waals surface area contributed by atoms with Crippen molar-refractivity contribution in [2.24, 2.45) is 0 Å². The van der Waals surface area contributed by atoms with Gasteiger partial charge >= 0.3 is 0 Å². The molecule has 134 valence electrons. The van der Waals surface area contributed by atoms with Crippen LogP contribution in [0.5, 0.6) is 0 Å². The quantitative estimate of drug-likeness (QED) is 0.604. The van der Waals surface area contributed by atoms with Gasteiger partial charge in [0, 0.05) is 24.8 Å². The first-order valence-electron chi connectivity index (χ1n) is 8.79. The van der Waals surface area contributed by atoms with Crippen molar-refractivity contribution < 1.29 is 4.79 Å². The van der Waals surface area contributed by atoms with Gasteiger partial charge in [-0.05, 0) is 31.9 Å². The molecule has 2 aromatic rings. The first-order chi connectivity index (χ1) is 12.5. The zero-order valence-electron chi connectivity index (χ0n) is 15.5. The van der Waals surface area contributed by atoms with Crippen molar-refractivity contribution in [1.82, 2.24) is 10.2 Å². The Morgan fingerprint density at radius 3 is 2.19 bits per heavy atom. The normalized spacial score (nSPS) is 12.3. The van der Waals surface area contributed by atoms with E-state index in [1.807, 2.05) is 87.5 Å². The minimum Gasteiger partial charge on any atom is -0.383 e. The van der Waals surface area contributed by atoms with Gasteiger partial charge in [-0.2, -0.15) is 5.26 Å². The fourth-order valence-electron chi connectivity index (χ4n) is 2.61. The number of nitrogens with one attached hydrogen (secondary N) is 1. The lowest BCUT2D eigenvalue weighted by molar-refractivity contribution is -0.129. The molecule has 0 aliphatic rings. The van der Waals surface area contributed by atoms with E-state index in [1.54, 1.807) is 4.90 Å². The third kappa shape index (κ3) is 5.22.